The first-order chi connectivity index (χ1) is 11.0. The Morgan fingerprint density at radius 1 is 1.17 bits per heavy atom. The van der Waals surface area contributed by atoms with E-state index in [2.05, 4.69) is 24.5 Å². The Morgan fingerprint density at radius 2 is 1.83 bits per heavy atom. The van der Waals surface area contributed by atoms with Gasteiger partial charge in [0.25, 0.3) is 5.91 Å². The molecule has 0 spiro atoms. The van der Waals surface area contributed by atoms with Gasteiger partial charge in [0.1, 0.15) is 5.82 Å². The van der Waals surface area contributed by atoms with Crippen LogP contribution in [-0.4, -0.2) is 11.0 Å². The molecule has 0 aromatic heterocycles. The fraction of sp³-hybridized carbons (Fsp3) is 0.222. The van der Waals surface area contributed by atoms with E-state index in [9.17, 15) is 9.18 Å². The topological polar surface area (TPSA) is 41.1 Å². The van der Waals surface area contributed by atoms with Gasteiger partial charge in [0.15, 0.2) is 5.11 Å². The zero-order valence-electron chi connectivity index (χ0n) is 13.1. The molecule has 1 atom stereocenters. The number of amides is 1. The second-order valence-corrected chi connectivity index (χ2v) is 5.69. The molecular formula is C18H19FN2OS. The Hall–Kier alpha value is -2.27. The highest BCUT2D eigenvalue weighted by molar-refractivity contribution is 7.80. The van der Waals surface area contributed by atoms with Crippen LogP contribution in [0.5, 0.6) is 0 Å². The summed E-state index contributed by atoms with van der Waals surface area (Å²) in [6.07, 6.45) is 0.993. The smallest absolute Gasteiger partial charge is 0.260 e. The third kappa shape index (κ3) is 4.36. The van der Waals surface area contributed by atoms with E-state index in [1.54, 1.807) is 6.07 Å². The Bertz CT molecular complexity index is 718. The number of hydrogen-bond donors (Lipinski definition) is 2. The first-order valence-corrected chi connectivity index (χ1v) is 7.89. The average Bonchev–Trinajstić information content (AvgIpc) is 2.54. The number of benzene rings is 2. The predicted octanol–water partition coefficient (Wildman–Crippen LogP) is 4.47. The van der Waals surface area contributed by atoms with E-state index in [0.29, 0.717) is 5.92 Å². The van der Waals surface area contributed by atoms with Crippen molar-refractivity contribution in [1.82, 2.24) is 5.32 Å². The van der Waals surface area contributed by atoms with Crippen molar-refractivity contribution >= 4 is 28.9 Å². The first-order valence-electron chi connectivity index (χ1n) is 7.48. The van der Waals surface area contributed by atoms with Crippen molar-refractivity contribution in [3.8, 4) is 0 Å². The summed E-state index contributed by atoms with van der Waals surface area (Å²) in [6.45, 7) is 4.24. The number of halogens is 1. The predicted molar refractivity (Wildman–Crippen MR) is 95.2 cm³/mol. The molecule has 2 aromatic carbocycles. The van der Waals surface area contributed by atoms with Gasteiger partial charge in [-0.25, -0.2) is 4.39 Å². The zero-order valence-corrected chi connectivity index (χ0v) is 13.9. The maximum atomic E-state index is 13.6. The molecule has 0 bridgehead atoms. The van der Waals surface area contributed by atoms with Gasteiger partial charge in [0, 0.05) is 5.69 Å². The van der Waals surface area contributed by atoms with Crippen LogP contribution in [0.2, 0.25) is 0 Å². The number of thiocarbonyl (C=S) groups is 1. The molecule has 0 fully saturated rings. The fourth-order valence-corrected chi connectivity index (χ4v) is 2.43. The minimum absolute atomic E-state index is 0.0353. The van der Waals surface area contributed by atoms with Crippen molar-refractivity contribution in [2.24, 2.45) is 0 Å². The lowest BCUT2D eigenvalue weighted by atomic mass is 9.97. The molecule has 1 amide bonds. The molecule has 120 valence electrons. The molecule has 5 heteroatoms. The van der Waals surface area contributed by atoms with Crippen molar-refractivity contribution in [3.05, 3.63) is 65.5 Å². The molecule has 2 rings (SSSR count). The van der Waals surface area contributed by atoms with Crippen molar-refractivity contribution in [3.63, 3.8) is 0 Å². The van der Waals surface area contributed by atoms with Gasteiger partial charge in [-0.1, -0.05) is 44.2 Å². The van der Waals surface area contributed by atoms with E-state index < -0.39 is 11.7 Å². The molecule has 0 radical (unpaired) electrons. The molecule has 0 heterocycles. The largest absolute Gasteiger partial charge is 0.332 e. The maximum absolute atomic E-state index is 13.6. The van der Waals surface area contributed by atoms with E-state index in [-0.39, 0.29) is 10.7 Å². The van der Waals surface area contributed by atoms with E-state index in [1.165, 1.54) is 18.2 Å². The van der Waals surface area contributed by atoms with Gasteiger partial charge in [0.2, 0.25) is 0 Å². The normalized spacial score (nSPS) is 11.6. The lowest BCUT2D eigenvalue weighted by Crippen LogP contribution is -2.34. The van der Waals surface area contributed by atoms with Gasteiger partial charge in [-0.15, -0.1) is 0 Å². The molecule has 0 aliphatic carbocycles. The van der Waals surface area contributed by atoms with Crippen LogP contribution in [0.4, 0.5) is 10.1 Å². The van der Waals surface area contributed by atoms with Gasteiger partial charge in [-0.2, -0.15) is 0 Å². The molecule has 0 aliphatic heterocycles. The SMILES string of the molecule is CC[C@H](C)c1ccccc1NC(=S)NC(=O)c1ccccc1F. The van der Waals surface area contributed by atoms with Gasteiger partial charge >= 0.3 is 0 Å². The van der Waals surface area contributed by atoms with Crippen molar-refractivity contribution in [2.75, 3.05) is 5.32 Å². The molecule has 23 heavy (non-hydrogen) atoms. The van der Waals surface area contributed by atoms with Crippen LogP contribution in [0.15, 0.2) is 48.5 Å². The number of carbonyl (C=O) groups is 1. The highest BCUT2D eigenvalue weighted by Gasteiger charge is 2.14. The Balaban J connectivity index is 2.09. The Morgan fingerprint density at radius 3 is 2.52 bits per heavy atom. The van der Waals surface area contributed by atoms with Crippen LogP contribution in [0.1, 0.15) is 42.1 Å². The lowest BCUT2D eigenvalue weighted by Gasteiger charge is -2.17. The summed E-state index contributed by atoms with van der Waals surface area (Å²) in [5.74, 6) is -0.779. The van der Waals surface area contributed by atoms with Crippen LogP contribution < -0.4 is 10.6 Å². The number of anilines is 1. The Labute approximate surface area is 140 Å². The summed E-state index contributed by atoms with van der Waals surface area (Å²) >= 11 is 5.17. The third-order valence-electron chi connectivity index (χ3n) is 3.70. The lowest BCUT2D eigenvalue weighted by molar-refractivity contribution is 0.0974. The molecule has 0 aliphatic rings. The van der Waals surface area contributed by atoms with Crippen LogP contribution in [0, 0.1) is 5.82 Å². The fourth-order valence-electron chi connectivity index (χ4n) is 2.23. The number of nitrogens with one attached hydrogen (secondary N) is 2. The summed E-state index contributed by atoms with van der Waals surface area (Å²) in [5, 5.41) is 5.68. The molecule has 0 saturated carbocycles. The van der Waals surface area contributed by atoms with Crippen LogP contribution in [0.25, 0.3) is 0 Å². The highest BCUT2D eigenvalue weighted by atomic mass is 32.1. The van der Waals surface area contributed by atoms with Crippen molar-refractivity contribution in [1.29, 1.82) is 0 Å². The number of rotatable bonds is 4. The molecule has 0 saturated heterocycles. The molecule has 2 N–H and O–H groups in total. The van der Waals surface area contributed by atoms with E-state index >= 15 is 0 Å². The summed E-state index contributed by atoms with van der Waals surface area (Å²) in [4.78, 5) is 12.1. The van der Waals surface area contributed by atoms with Gasteiger partial charge in [-0.05, 0) is 48.3 Å². The van der Waals surface area contributed by atoms with Gasteiger partial charge < -0.3 is 5.32 Å². The van der Waals surface area contributed by atoms with Crippen molar-refractivity contribution < 1.29 is 9.18 Å². The van der Waals surface area contributed by atoms with E-state index in [1.807, 2.05) is 24.3 Å². The van der Waals surface area contributed by atoms with Gasteiger partial charge in [-0.3, -0.25) is 10.1 Å². The molecular weight excluding hydrogens is 311 g/mol. The minimum atomic E-state index is -0.576. The third-order valence-corrected chi connectivity index (χ3v) is 3.90. The summed E-state index contributed by atoms with van der Waals surface area (Å²) in [6, 6.07) is 13.6. The second-order valence-electron chi connectivity index (χ2n) is 5.28. The summed E-state index contributed by atoms with van der Waals surface area (Å²) in [5.41, 5.74) is 1.94. The van der Waals surface area contributed by atoms with Crippen molar-refractivity contribution in [2.45, 2.75) is 26.2 Å². The van der Waals surface area contributed by atoms with E-state index in [4.69, 9.17) is 12.2 Å². The van der Waals surface area contributed by atoms with Crippen LogP contribution in [0.3, 0.4) is 0 Å². The molecule has 3 nitrogen and oxygen atoms in total. The van der Waals surface area contributed by atoms with E-state index in [0.717, 1.165) is 17.7 Å². The van der Waals surface area contributed by atoms with Crippen LogP contribution in [-0.2, 0) is 0 Å². The standard InChI is InChI=1S/C18H19FN2OS/c1-3-12(2)13-8-5-7-11-16(13)20-18(23)21-17(22)14-9-4-6-10-15(14)19/h4-12H,3H2,1-2H3,(H2,20,21,22,23)/t12-/m0/s1. The summed E-state index contributed by atoms with van der Waals surface area (Å²) < 4.78 is 13.6. The first kappa shape index (κ1) is 17.1. The molecule has 0 unspecified atom stereocenters. The average molecular weight is 330 g/mol. The quantitative estimate of drug-likeness (QED) is 0.813. The highest BCUT2D eigenvalue weighted by Crippen LogP contribution is 2.26. The number of hydrogen-bond acceptors (Lipinski definition) is 2. The second kappa shape index (κ2) is 7.83. The minimum Gasteiger partial charge on any atom is -0.332 e. The summed E-state index contributed by atoms with van der Waals surface area (Å²) in [7, 11) is 0. The maximum Gasteiger partial charge on any atom is 0.260 e. The number of para-hydroxylation sites is 1. The zero-order chi connectivity index (χ0) is 16.8. The molecule has 2 aromatic rings. The monoisotopic (exact) mass is 330 g/mol. The Kier molecular flexibility index (Phi) is 5.82. The number of carbonyl (C=O) groups excluding carboxylic acids is 1. The van der Waals surface area contributed by atoms with Gasteiger partial charge in [0.05, 0.1) is 5.56 Å². The van der Waals surface area contributed by atoms with Crippen LogP contribution >= 0.6 is 12.2 Å².